The number of aromatic nitrogens is 1. The number of amides is 1. The summed E-state index contributed by atoms with van der Waals surface area (Å²) in [5, 5.41) is 0. The third-order valence-electron chi connectivity index (χ3n) is 3.60. The lowest BCUT2D eigenvalue weighted by atomic mass is 10.1. The Labute approximate surface area is 139 Å². The number of carbonyl (C=O) groups is 1. The number of rotatable bonds is 4. The van der Waals surface area contributed by atoms with Gasteiger partial charge >= 0.3 is 0 Å². The fourth-order valence-corrected chi connectivity index (χ4v) is 2.10. The fraction of sp³-hybridized carbons (Fsp3) is 0.250. The number of hydrogen-bond donors (Lipinski definition) is 1. The number of carbonyl (C=O) groups excluding carboxylic acids is 1. The van der Waals surface area contributed by atoms with E-state index in [0.717, 1.165) is 12.1 Å². The highest BCUT2D eigenvalue weighted by atomic mass is 35.5. The lowest BCUT2D eigenvalue weighted by Crippen LogP contribution is -2.30. The van der Waals surface area contributed by atoms with Crippen LogP contribution in [0.5, 0.6) is 0 Å². The molecule has 124 valence electrons. The molecule has 0 aliphatic heterocycles. The summed E-state index contributed by atoms with van der Waals surface area (Å²) >= 11 is 0. The summed E-state index contributed by atoms with van der Waals surface area (Å²) in [5.41, 5.74) is 7.09. The van der Waals surface area contributed by atoms with Gasteiger partial charge in [0.05, 0.1) is 11.7 Å². The van der Waals surface area contributed by atoms with Crippen LogP contribution >= 0.6 is 12.4 Å². The van der Waals surface area contributed by atoms with E-state index in [2.05, 4.69) is 4.98 Å². The normalized spacial score (nSPS) is 11.5. The zero-order valence-corrected chi connectivity index (χ0v) is 13.6. The molecule has 1 amide bonds. The number of nitrogens with zero attached hydrogens (tertiary/aromatic N) is 2. The van der Waals surface area contributed by atoms with E-state index < -0.39 is 17.7 Å². The first-order valence-corrected chi connectivity index (χ1v) is 6.81. The molecular formula is C16H18ClF2N3O. The zero-order valence-electron chi connectivity index (χ0n) is 12.8. The van der Waals surface area contributed by atoms with Gasteiger partial charge in [0.25, 0.3) is 5.91 Å². The lowest BCUT2D eigenvalue weighted by molar-refractivity contribution is 0.0742. The van der Waals surface area contributed by atoms with Gasteiger partial charge in [-0.3, -0.25) is 9.78 Å². The minimum Gasteiger partial charge on any atom is -0.335 e. The zero-order chi connectivity index (χ0) is 16.3. The van der Waals surface area contributed by atoms with E-state index in [0.29, 0.717) is 16.8 Å². The van der Waals surface area contributed by atoms with Crippen molar-refractivity contribution in [1.82, 2.24) is 9.88 Å². The minimum atomic E-state index is -0.931. The van der Waals surface area contributed by atoms with Crippen molar-refractivity contribution in [3.63, 3.8) is 0 Å². The van der Waals surface area contributed by atoms with Gasteiger partial charge in [0, 0.05) is 25.4 Å². The van der Waals surface area contributed by atoms with Crippen LogP contribution in [-0.2, 0) is 6.54 Å². The first-order valence-electron chi connectivity index (χ1n) is 6.81. The first-order chi connectivity index (χ1) is 10.4. The summed E-state index contributed by atoms with van der Waals surface area (Å²) in [4.78, 5) is 18.0. The van der Waals surface area contributed by atoms with Crippen LogP contribution < -0.4 is 5.73 Å². The number of pyridine rings is 1. The Kier molecular flexibility index (Phi) is 6.60. The van der Waals surface area contributed by atoms with Crippen molar-refractivity contribution in [2.24, 2.45) is 5.73 Å². The van der Waals surface area contributed by atoms with Gasteiger partial charge in [-0.2, -0.15) is 0 Å². The second kappa shape index (κ2) is 7.99. The van der Waals surface area contributed by atoms with Crippen molar-refractivity contribution >= 4 is 18.3 Å². The third kappa shape index (κ3) is 4.24. The molecule has 0 saturated heterocycles. The average molecular weight is 342 g/mol. The van der Waals surface area contributed by atoms with Gasteiger partial charge in [-0.25, -0.2) is 8.78 Å². The molecule has 0 radical (unpaired) electrons. The Morgan fingerprint density at radius 2 is 1.96 bits per heavy atom. The quantitative estimate of drug-likeness (QED) is 0.929. The first kappa shape index (κ1) is 19.0. The van der Waals surface area contributed by atoms with E-state index in [1.54, 1.807) is 26.1 Å². The summed E-state index contributed by atoms with van der Waals surface area (Å²) < 4.78 is 26.3. The van der Waals surface area contributed by atoms with Crippen LogP contribution in [-0.4, -0.2) is 22.8 Å². The molecule has 0 fully saturated rings. The van der Waals surface area contributed by atoms with Gasteiger partial charge in [0.15, 0.2) is 11.6 Å². The predicted octanol–water partition coefficient (Wildman–Crippen LogP) is 3.07. The molecule has 0 saturated carbocycles. The van der Waals surface area contributed by atoms with E-state index in [-0.39, 0.29) is 24.9 Å². The molecule has 1 unspecified atom stereocenters. The molecule has 0 bridgehead atoms. The molecule has 1 heterocycles. The number of benzene rings is 1. The fourth-order valence-electron chi connectivity index (χ4n) is 2.10. The van der Waals surface area contributed by atoms with Crippen LogP contribution in [0.2, 0.25) is 0 Å². The molecule has 7 heteroatoms. The van der Waals surface area contributed by atoms with Crippen LogP contribution in [0, 0.1) is 11.6 Å². The summed E-state index contributed by atoms with van der Waals surface area (Å²) in [6.45, 7) is 1.99. The van der Waals surface area contributed by atoms with Crippen molar-refractivity contribution in [3.8, 4) is 0 Å². The molecule has 4 nitrogen and oxygen atoms in total. The van der Waals surface area contributed by atoms with Gasteiger partial charge in [-0.15, -0.1) is 12.4 Å². The van der Waals surface area contributed by atoms with Crippen LogP contribution in [0.25, 0.3) is 0 Å². The maximum Gasteiger partial charge on any atom is 0.254 e. The molecule has 23 heavy (non-hydrogen) atoms. The summed E-state index contributed by atoms with van der Waals surface area (Å²) in [5.74, 6) is -2.08. The highest BCUT2D eigenvalue weighted by Crippen LogP contribution is 2.22. The van der Waals surface area contributed by atoms with Gasteiger partial charge in [-0.05, 0) is 36.8 Å². The van der Waals surface area contributed by atoms with Crippen molar-refractivity contribution < 1.29 is 13.6 Å². The number of halogens is 3. The smallest absolute Gasteiger partial charge is 0.254 e. The molecule has 0 aliphatic carbocycles. The van der Waals surface area contributed by atoms with Crippen molar-refractivity contribution in [3.05, 3.63) is 65.0 Å². The van der Waals surface area contributed by atoms with Crippen molar-refractivity contribution in [2.45, 2.75) is 19.5 Å². The molecule has 0 aliphatic rings. The maximum atomic E-state index is 13.3. The topological polar surface area (TPSA) is 59.2 Å². The largest absolute Gasteiger partial charge is 0.335 e. The monoisotopic (exact) mass is 341 g/mol. The molecule has 1 aromatic carbocycles. The molecule has 2 rings (SSSR count). The van der Waals surface area contributed by atoms with Crippen LogP contribution in [0.4, 0.5) is 8.78 Å². The van der Waals surface area contributed by atoms with Gasteiger partial charge in [-0.1, -0.05) is 6.07 Å². The Hall–Kier alpha value is -2.05. The maximum absolute atomic E-state index is 13.3. The predicted molar refractivity (Wildman–Crippen MR) is 86.2 cm³/mol. The minimum absolute atomic E-state index is 0. The Morgan fingerprint density at radius 1 is 1.26 bits per heavy atom. The van der Waals surface area contributed by atoms with E-state index in [9.17, 15) is 13.6 Å². The summed E-state index contributed by atoms with van der Waals surface area (Å²) in [6.07, 6.45) is 1.52. The summed E-state index contributed by atoms with van der Waals surface area (Å²) in [7, 11) is 1.61. The molecule has 1 atom stereocenters. The summed E-state index contributed by atoms with van der Waals surface area (Å²) in [6, 6.07) is 6.43. The second-order valence-electron chi connectivity index (χ2n) is 5.01. The van der Waals surface area contributed by atoms with E-state index in [1.807, 2.05) is 0 Å². The Bertz CT molecular complexity index is 697. The molecular weight excluding hydrogens is 324 g/mol. The van der Waals surface area contributed by atoms with Crippen molar-refractivity contribution in [2.75, 3.05) is 7.05 Å². The standard InChI is InChI=1S/C16H17F2N3O.ClH/c1-10(11-3-4-14(17)15(18)8-11)21(2)16(22)12-5-6-20-13(7-12)9-19;/h3-8,10H,9,19H2,1-2H3;1H. The van der Waals surface area contributed by atoms with Gasteiger partial charge in [0.1, 0.15) is 0 Å². The molecule has 2 N–H and O–H groups in total. The SMILES string of the molecule is CC(c1ccc(F)c(F)c1)N(C)C(=O)c1ccnc(CN)c1.Cl. The lowest BCUT2D eigenvalue weighted by Gasteiger charge is -2.25. The Morgan fingerprint density at radius 3 is 2.57 bits per heavy atom. The van der Waals surface area contributed by atoms with Crippen LogP contribution in [0.3, 0.4) is 0 Å². The molecule has 2 aromatic rings. The van der Waals surface area contributed by atoms with E-state index in [4.69, 9.17) is 5.73 Å². The number of hydrogen-bond acceptors (Lipinski definition) is 3. The number of nitrogens with two attached hydrogens (primary N) is 1. The highest BCUT2D eigenvalue weighted by Gasteiger charge is 2.20. The van der Waals surface area contributed by atoms with E-state index in [1.165, 1.54) is 17.2 Å². The van der Waals surface area contributed by atoms with Crippen LogP contribution in [0.1, 0.15) is 34.6 Å². The third-order valence-corrected chi connectivity index (χ3v) is 3.60. The van der Waals surface area contributed by atoms with E-state index >= 15 is 0 Å². The average Bonchev–Trinajstić information content (AvgIpc) is 2.55. The van der Waals surface area contributed by atoms with Crippen molar-refractivity contribution in [1.29, 1.82) is 0 Å². The Balaban J connectivity index is 0.00000264. The van der Waals surface area contributed by atoms with Crippen LogP contribution in [0.15, 0.2) is 36.5 Å². The molecule has 0 spiro atoms. The van der Waals surface area contributed by atoms with Gasteiger partial charge < -0.3 is 10.6 Å². The second-order valence-corrected chi connectivity index (χ2v) is 5.01. The van der Waals surface area contributed by atoms with Gasteiger partial charge in [0.2, 0.25) is 0 Å². The highest BCUT2D eigenvalue weighted by molar-refractivity contribution is 5.94. The molecule has 1 aromatic heterocycles.